The van der Waals surface area contributed by atoms with E-state index < -0.39 is 0 Å². The van der Waals surface area contributed by atoms with Crippen molar-refractivity contribution in [2.24, 2.45) is 0 Å². The minimum Gasteiger partial charge on any atom is -0.481 e. The molecule has 0 radical (unpaired) electrons. The quantitative estimate of drug-likeness (QED) is 0.706. The van der Waals surface area contributed by atoms with Crippen molar-refractivity contribution in [2.45, 2.75) is 31.9 Å². The maximum atomic E-state index is 6.48. The average molecular weight is 392 g/mol. The van der Waals surface area contributed by atoms with Crippen LogP contribution < -0.4 is 10.1 Å². The van der Waals surface area contributed by atoms with E-state index in [-0.39, 0.29) is 6.10 Å². The van der Waals surface area contributed by atoms with Gasteiger partial charge in [0.15, 0.2) is 11.9 Å². The topological polar surface area (TPSA) is 60.2 Å². The molecule has 0 bridgehead atoms. The highest BCUT2D eigenvalue weighted by atomic mass is 35.5. The van der Waals surface area contributed by atoms with Gasteiger partial charge in [-0.05, 0) is 36.7 Å². The van der Waals surface area contributed by atoms with Crippen molar-refractivity contribution < 1.29 is 9.26 Å². The fourth-order valence-electron chi connectivity index (χ4n) is 4.50. The number of nitrogens with zero attached hydrogens (tertiary/aromatic N) is 2. The van der Waals surface area contributed by atoms with Crippen LogP contribution >= 0.6 is 11.6 Å². The normalized spacial score (nSPS) is 19.2. The molecule has 5 nitrogen and oxygen atoms in total. The number of hydrogen-bond donors (Lipinski definition) is 1. The molecule has 1 N–H and O–H groups in total. The van der Waals surface area contributed by atoms with Gasteiger partial charge in [-0.2, -0.15) is 0 Å². The second-order valence-electron chi connectivity index (χ2n) is 7.48. The summed E-state index contributed by atoms with van der Waals surface area (Å²) in [5.41, 5.74) is 7.68. The Bertz CT molecular complexity index is 1140. The van der Waals surface area contributed by atoms with Gasteiger partial charge in [0, 0.05) is 52.9 Å². The first-order valence-electron chi connectivity index (χ1n) is 9.60. The van der Waals surface area contributed by atoms with Crippen molar-refractivity contribution in [2.75, 3.05) is 6.54 Å². The zero-order valence-electron chi connectivity index (χ0n) is 15.2. The monoisotopic (exact) mass is 391 g/mol. The Balaban J connectivity index is 1.44. The molecule has 4 heterocycles. The first kappa shape index (κ1) is 16.3. The molecule has 0 spiro atoms. The van der Waals surface area contributed by atoms with Gasteiger partial charge in [0.05, 0.1) is 5.69 Å². The highest BCUT2D eigenvalue weighted by Crippen LogP contribution is 2.47. The van der Waals surface area contributed by atoms with Crippen molar-refractivity contribution >= 4 is 17.7 Å². The Kier molecular flexibility index (Phi) is 3.61. The molecule has 1 unspecified atom stereocenters. The Morgan fingerprint density at radius 3 is 3.11 bits per heavy atom. The van der Waals surface area contributed by atoms with Crippen LogP contribution in [-0.4, -0.2) is 16.7 Å². The van der Waals surface area contributed by atoms with Crippen molar-refractivity contribution in [3.63, 3.8) is 0 Å². The third-order valence-corrected chi connectivity index (χ3v) is 6.01. The van der Waals surface area contributed by atoms with E-state index in [0.29, 0.717) is 5.02 Å². The third-order valence-electron chi connectivity index (χ3n) is 5.79. The highest BCUT2D eigenvalue weighted by Gasteiger charge is 2.34. The van der Waals surface area contributed by atoms with Crippen molar-refractivity contribution in [3.8, 4) is 16.9 Å². The van der Waals surface area contributed by atoms with E-state index in [1.54, 1.807) is 0 Å². The van der Waals surface area contributed by atoms with E-state index in [9.17, 15) is 0 Å². The number of nitrogens with one attached hydrogen (secondary N) is 1. The molecule has 0 amide bonds. The number of ether oxygens (including phenoxy) is 1. The predicted molar refractivity (Wildman–Crippen MR) is 106 cm³/mol. The van der Waals surface area contributed by atoms with Gasteiger partial charge < -0.3 is 14.6 Å². The number of rotatable bonds is 2. The molecule has 1 atom stereocenters. The van der Waals surface area contributed by atoms with E-state index in [1.807, 2.05) is 24.4 Å². The second-order valence-corrected chi connectivity index (χ2v) is 7.91. The molecule has 28 heavy (non-hydrogen) atoms. The Morgan fingerprint density at radius 2 is 2.14 bits per heavy atom. The Hall–Kier alpha value is -2.63. The summed E-state index contributed by atoms with van der Waals surface area (Å²) >= 11 is 6.48. The summed E-state index contributed by atoms with van der Waals surface area (Å²) in [5, 5.41) is 8.30. The molecule has 0 fully saturated rings. The first-order chi connectivity index (χ1) is 13.8. The number of fused-ring (bicyclic) bond motifs is 3. The molecule has 6 heteroatoms. The smallest absolute Gasteiger partial charge is 0.181 e. The van der Waals surface area contributed by atoms with E-state index in [2.05, 4.69) is 27.6 Å². The number of allylic oxidation sites excluding steroid dienone is 1. The molecule has 3 aliphatic rings. The lowest BCUT2D eigenvalue weighted by molar-refractivity contribution is 0.189. The lowest BCUT2D eigenvalue weighted by Crippen LogP contribution is -2.24. The number of hydrogen-bond acceptors (Lipinski definition) is 5. The van der Waals surface area contributed by atoms with E-state index in [1.165, 1.54) is 5.56 Å². The molecule has 2 aromatic heterocycles. The summed E-state index contributed by atoms with van der Waals surface area (Å²) in [6.45, 7) is 1.69. The molecule has 1 aliphatic carbocycles. The summed E-state index contributed by atoms with van der Waals surface area (Å²) in [6.07, 6.45) is 8.50. The standard InChI is InChI=1S/C22H18ClN3O2/c23-13-8-12-9-20(22-16-4-6-24-11-19(16)26-28-22)27-21(12)17(10-13)14-5-7-25-18-3-1-2-15(14)18/h1-2,5,7-8,10,20,24H,3-4,6,9,11H2. The molecule has 1 aromatic carbocycles. The summed E-state index contributed by atoms with van der Waals surface area (Å²) in [6, 6.07) is 6.03. The van der Waals surface area contributed by atoms with Crippen LogP contribution in [0.1, 0.15) is 39.9 Å². The second kappa shape index (κ2) is 6.19. The zero-order valence-corrected chi connectivity index (χ0v) is 15.9. The summed E-state index contributed by atoms with van der Waals surface area (Å²) in [4.78, 5) is 4.50. The van der Waals surface area contributed by atoms with Crippen molar-refractivity contribution in [3.05, 3.63) is 69.3 Å². The molecular weight excluding hydrogens is 374 g/mol. The Morgan fingerprint density at radius 1 is 1.18 bits per heavy atom. The number of pyridine rings is 1. The molecule has 2 aliphatic heterocycles. The van der Waals surface area contributed by atoms with Crippen LogP contribution in [0, 0.1) is 0 Å². The largest absolute Gasteiger partial charge is 0.481 e. The van der Waals surface area contributed by atoms with Gasteiger partial charge in [-0.1, -0.05) is 28.9 Å². The molecule has 140 valence electrons. The van der Waals surface area contributed by atoms with Crippen LogP contribution in [-0.2, 0) is 25.8 Å². The predicted octanol–water partition coefficient (Wildman–Crippen LogP) is 4.28. The van der Waals surface area contributed by atoms with Crippen LogP contribution in [0.25, 0.3) is 17.2 Å². The van der Waals surface area contributed by atoms with Gasteiger partial charge in [-0.3, -0.25) is 4.98 Å². The number of halogens is 1. The molecule has 0 saturated heterocycles. The fourth-order valence-corrected chi connectivity index (χ4v) is 4.74. The van der Waals surface area contributed by atoms with Crippen molar-refractivity contribution in [1.29, 1.82) is 0 Å². The van der Waals surface area contributed by atoms with Crippen molar-refractivity contribution in [1.82, 2.24) is 15.5 Å². The SMILES string of the molecule is Clc1cc2c(c(-c3ccnc4c3C=CC4)c1)OC(c1onc3c1CCNC3)C2. The third kappa shape index (κ3) is 2.43. The molecule has 3 aromatic rings. The van der Waals surface area contributed by atoms with Gasteiger partial charge in [0.25, 0.3) is 0 Å². The summed E-state index contributed by atoms with van der Waals surface area (Å²) in [5.74, 6) is 1.75. The van der Waals surface area contributed by atoms with Crippen LogP contribution in [0.5, 0.6) is 5.75 Å². The maximum Gasteiger partial charge on any atom is 0.181 e. The minimum absolute atomic E-state index is 0.160. The van der Waals surface area contributed by atoms with Crippen LogP contribution in [0.3, 0.4) is 0 Å². The van der Waals surface area contributed by atoms with E-state index >= 15 is 0 Å². The van der Waals surface area contributed by atoms with Gasteiger partial charge in [-0.15, -0.1) is 0 Å². The molecule has 0 saturated carbocycles. The molecular formula is C22H18ClN3O2. The number of benzene rings is 1. The summed E-state index contributed by atoms with van der Waals surface area (Å²) < 4.78 is 12.2. The summed E-state index contributed by atoms with van der Waals surface area (Å²) in [7, 11) is 0. The minimum atomic E-state index is -0.160. The zero-order chi connectivity index (χ0) is 18.7. The van der Waals surface area contributed by atoms with Crippen LogP contribution in [0.2, 0.25) is 5.02 Å². The maximum absolute atomic E-state index is 6.48. The van der Waals surface area contributed by atoms with Gasteiger partial charge in [-0.25, -0.2) is 0 Å². The lowest BCUT2D eigenvalue weighted by atomic mass is 9.96. The van der Waals surface area contributed by atoms with E-state index in [4.69, 9.17) is 20.9 Å². The number of aromatic nitrogens is 2. The van der Waals surface area contributed by atoms with E-state index in [0.717, 1.165) is 77.5 Å². The average Bonchev–Trinajstić information content (AvgIpc) is 3.43. The lowest BCUT2D eigenvalue weighted by Gasteiger charge is -2.15. The fraction of sp³-hybridized carbons (Fsp3) is 0.273. The van der Waals surface area contributed by atoms with Crippen LogP contribution in [0.4, 0.5) is 0 Å². The van der Waals surface area contributed by atoms with Gasteiger partial charge >= 0.3 is 0 Å². The van der Waals surface area contributed by atoms with Crippen LogP contribution in [0.15, 0.2) is 35.0 Å². The Labute approximate surface area is 167 Å². The molecule has 6 rings (SSSR count). The highest BCUT2D eigenvalue weighted by molar-refractivity contribution is 6.31. The van der Waals surface area contributed by atoms with Gasteiger partial charge in [0.2, 0.25) is 0 Å². The first-order valence-corrected chi connectivity index (χ1v) is 9.97. The van der Waals surface area contributed by atoms with Gasteiger partial charge in [0.1, 0.15) is 11.4 Å².